The van der Waals surface area contributed by atoms with Gasteiger partial charge < -0.3 is 14.7 Å². The van der Waals surface area contributed by atoms with Crippen LogP contribution in [-0.4, -0.2) is 61.3 Å². The van der Waals surface area contributed by atoms with Crippen LogP contribution in [-0.2, 0) is 27.0 Å². The summed E-state index contributed by atoms with van der Waals surface area (Å²) in [6.07, 6.45) is -1.49. The lowest BCUT2D eigenvalue weighted by molar-refractivity contribution is -0.258. The molecular weight excluding hydrogens is 515 g/mol. The van der Waals surface area contributed by atoms with Crippen LogP contribution in [0.25, 0.3) is 0 Å². The Morgan fingerprint density at radius 1 is 1.14 bits per heavy atom. The second-order valence-corrected chi connectivity index (χ2v) is 11.7. The molecule has 1 saturated heterocycles. The summed E-state index contributed by atoms with van der Waals surface area (Å²) in [5.74, 6) is 0. The molecule has 1 N–H and O–H groups in total. The highest BCUT2D eigenvalue weighted by atomic mass is 32.2. The van der Waals surface area contributed by atoms with E-state index in [0.29, 0.717) is 19.2 Å². The SMILES string of the molecule is C[C@@](O)(c1ccc(N2CCN(S(=O)(=O)c3cccs3)C[C@@H]2COCc2cccnc2)cc1)C(F)(F)F. The molecule has 1 aliphatic rings. The summed E-state index contributed by atoms with van der Waals surface area (Å²) < 4.78 is 73.5. The van der Waals surface area contributed by atoms with Gasteiger partial charge in [-0.05, 0) is 47.7 Å². The molecule has 4 rings (SSSR count). The molecule has 3 aromatic rings. The van der Waals surface area contributed by atoms with Crippen molar-refractivity contribution >= 4 is 27.0 Å². The fraction of sp³-hybridized carbons (Fsp3) is 0.375. The summed E-state index contributed by atoms with van der Waals surface area (Å²) in [4.78, 5) is 5.98. The second-order valence-electron chi connectivity index (χ2n) is 8.64. The van der Waals surface area contributed by atoms with Gasteiger partial charge in [0.1, 0.15) is 4.21 Å². The van der Waals surface area contributed by atoms with Crippen molar-refractivity contribution < 1.29 is 31.4 Å². The highest BCUT2D eigenvalue weighted by molar-refractivity contribution is 7.91. The Morgan fingerprint density at radius 2 is 1.89 bits per heavy atom. The zero-order chi connectivity index (χ0) is 26.0. The van der Waals surface area contributed by atoms with Crippen LogP contribution in [0.3, 0.4) is 0 Å². The summed E-state index contributed by atoms with van der Waals surface area (Å²) in [7, 11) is -3.68. The summed E-state index contributed by atoms with van der Waals surface area (Å²) in [5.41, 5.74) is -1.78. The maximum Gasteiger partial charge on any atom is 0.421 e. The molecule has 1 aromatic carbocycles. The normalized spacial score (nSPS) is 19.2. The van der Waals surface area contributed by atoms with Crippen molar-refractivity contribution in [2.24, 2.45) is 0 Å². The van der Waals surface area contributed by atoms with E-state index in [2.05, 4.69) is 4.98 Å². The smallest absolute Gasteiger partial charge is 0.376 e. The highest BCUT2D eigenvalue weighted by Crippen LogP contribution is 2.39. The van der Waals surface area contributed by atoms with E-state index in [1.54, 1.807) is 36.0 Å². The fourth-order valence-electron chi connectivity index (χ4n) is 4.00. The molecule has 0 aliphatic carbocycles. The minimum atomic E-state index is -4.82. The molecule has 7 nitrogen and oxygen atoms in total. The molecule has 2 atom stereocenters. The molecular formula is C24H26F3N3O4S2. The van der Waals surface area contributed by atoms with E-state index in [9.17, 15) is 26.7 Å². The molecule has 1 fully saturated rings. The number of sulfonamides is 1. The third-order valence-corrected chi connectivity index (χ3v) is 9.39. The largest absolute Gasteiger partial charge is 0.421 e. The predicted molar refractivity (Wildman–Crippen MR) is 130 cm³/mol. The predicted octanol–water partition coefficient (Wildman–Crippen LogP) is 4.01. The number of benzene rings is 1. The molecule has 0 saturated carbocycles. The van der Waals surface area contributed by atoms with Gasteiger partial charge in [-0.2, -0.15) is 17.5 Å². The number of hydrogen-bond donors (Lipinski definition) is 1. The number of thiophene rings is 1. The van der Waals surface area contributed by atoms with Gasteiger partial charge in [-0.25, -0.2) is 8.42 Å². The Kier molecular flexibility index (Phi) is 7.72. The van der Waals surface area contributed by atoms with Crippen LogP contribution in [0, 0.1) is 0 Å². The first-order valence-electron chi connectivity index (χ1n) is 11.2. The number of anilines is 1. The molecule has 0 unspecified atom stereocenters. The zero-order valence-corrected chi connectivity index (χ0v) is 21.1. The van der Waals surface area contributed by atoms with Gasteiger partial charge in [0, 0.05) is 37.7 Å². The number of hydrogen-bond acceptors (Lipinski definition) is 7. The first kappa shape index (κ1) is 26.6. The van der Waals surface area contributed by atoms with Gasteiger partial charge in [0.2, 0.25) is 0 Å². The van der Waals surface area contributed by atoms with Crippen molar-refractivity contribution in [2.75, 3.05) is 31.1 Å². The summed E-state index contributed by atoms with van der Waals surface area (Å²) in [6, 6.07) is 12.0. The Hall–Kier alpha value is -2.51. The molecule has 0 bridgehead atoms. The number of nitrogens with zero attached hydrogens (tertiary/aromatic N) is 3. The van der Waals surface area contributed by atoms with Crippen LogP contribution in [0.15, 0.2) is 70.5 Å². The zero-order valence-electron chi connectivity index (χ0n) is 19.4. The highest BCUT2D eigenvalue weighted by Gasteiger charge is 2.51. The van der Waals surface area contributed by atoms with Crippen LogP contribution >= 0.6 is 11.3 Å². The van der Waals surface area contributed by atoms with E-state index in [-0.39, 0.29) is 42.1 Å². The van der Waals surface area contributed by atoms with E-state index >= 15 is 0 Å². The number of aliphatic hydroxyl groups is 1. The van der Waals surface area contributed by atoms with Crippen molar-refractivity contribution in [2.45, 2.75) is 35.6 Å². The number of halogens is 3. The Morgan fingerprint density at radius 3 is 2.50 bits per heavy atom. The van der Waals surface area contributed by atoms with Crippen LogP contribution in [0.1, 0.15) is 18.1 Å². The average molecular weight is 542 g/mol. The maximum atomic E-state index is 13.2. The fourth-order valence-corrected chi connectivity index (χ4v) is 6.62. The topological polar surface area (TPSA) is 83.0 Å². The Labute approximate surface area is 211 Å². The van der Waals surface area contributed by atoms with E-state index in [0.717, 1.165) is 16.9 Å². The van der Waals surface area contributed by atoms with Crippen LogP contribution < -0.4 is 4.90 Å². The number of aromatic nitrogens is 1. The third kappa shape index (κ3) is 5.57. The van der Waals surface area contributed by atoms with Crippen molar-refractivity contribution in [3.8, 4) is 0 Å². The molecule has 12 heteroatoms. The van der Waals surface area contributed by atoms with Gasteiger partial charge in [-0.15, -0.1) is 11.3 Å². The van der Waals surface area contributed by atoms with Crippen LogP contribution in [0.5, 0.6) is 0 Å². The molecule has 0 spiro atoms. The Balaban J connectivity index is 1.55. The van der Waals surface area contributed by atoms with E-state index in [4.69, 9.17) is 4.74 Å². The maximum absolute atomic E-state index is 13.2. The molecule has 2 aromatic heterocycles. The lowest BCUT2D eigenvalue weighted by Gasteiger charge is -2.42. The van der Waals surface area contributed by atoms with Gasteiger partial charge in [0.05, 0.1) is 19.3 Å². The first-order chi connectivity index (χ1) is 17.0. The number of piperazine rings is 1. The van der Waals surface area contributed by atoms with Gasteiger partial charge in [0.25, 0.3) is 10.0 Å². The molecule has 1 aliphatic heterocycles. The summed E-state index contributed by atoms with van der Waals surface area (Å²) >= 11 is 1.15. The molecule has 0 amide bonds. The number of ether oxygens (including phenoxy) is 1. The molecule has 3 heterocycles. The van der Waals surface area contributed by atoms with Crippen LogP contribution in [0.2, 0.25) is 0 Å². The van der Waals surface area contributed by atoms with Crippen molar-refractivity contribution in [3.05, 3.63) is 77.4 Å². The lowest BCUT2D eigenvalue weighted by Crippen LogP contribution is -2.56. The Bertz CT molecular complexity index is 1240. The minimum Gasteiger partial charge on any atom is -0.376 e. The van der Waals surface area contributed by atoms with E-state index in [1.165, 1.54) is 28.6 Å². The number of pyridine rings is 1. The van der Waals surface area contributed by atoms with Gasteiger partial charge in [0.15, 0.2) is 5.60 Å². The second kappa shape index (κ2) is 10.5. The molecule has 0 radical (unpaired) electrons. The monoisotopic (exact) mass is 541 g/mol. The summed E-state index contributed by atoms with van der Waals surface area (Å²) in [5, 5.41) is 11.7. The number of rotatable bonds is 8. The van der Waals surface area contributed by atoms with Crippen molar-refractivity contribution in [1.82, 2.24) is 9.29 Å². The van der Waals surface area contributed by atoms with Gasteiger partial charge in [-0.1, -0.05) is 24.3 Å². The van der Waals surface area contributed by atoms with Gasteiger partial charge >= 0.3 is 6.18 Å². The minimum absolute atomic E-state index is 0.148. The van der Waals surface area contributed by atoms with Crippen molar-refractivity contribution in [1.29, 1.82) is 0 Å². The number of alkyl halides is 3. The molecule has 194 valence electrons. The molecule has 36 heavy (non-hydrogen) atoms. The average Bonchev–Trinajstić information content (AvgIpc) is 3.40. The first-order valence-corrected chi connectivity index (χ1v) is 13.5. The lowest BCUT2D eigenvalue weighted by atomic mass is 9.95. The summed E-state index contributed by atoms with van der Waals surface area (Å²) in [6.45, 7) is 1.86. The van der Waals surface area contributed by atoms with E-state index < -0.39 is 21.8 Å². The standard InChI is InChI=1S/C24H26F3N3O4S2/c1-23(31,24(25,26)27)19-6-8-20(9-7-19)30-12-11-29(36(32,33)22-5-3-13-35-22)15-21(30)17-34-16-18-4-2-10-28-14-18/h2-10,13-14,21,31H,11-12,15-17H2,1H3/t21-,23-/m1/s1. The van der Waals surface area contributed by atoms with Crippen molar-refractivity contribution in [3.63, 3.8) is 0 Å². The van der Waals surface area contributed by atoms with E-state index in [1.807, 2.05) is 11.0 Å². The quantitative estimate of drug-likeness (QED) is 0.464. The van der Waals surface area contributed by atoms with Gasteiger partial charge in [-0.3, -0.25) is 4.98 Å². The third-order valence-electron chi connectivity index (χ3n) is 6.15. The van der Waals surface area contributed by atoms with Crippen LogP contribution in [0.4, 0.5) is 18.9 Å².